The van der Waals surface area contributed by atoms with E-state index in [1.165, 1.54) is 0 Å². The number of aryl methyl sites for hydroxylation is 1. The van der Waals surface area contributed by atoms with Gasteiger partial charge in [-0.1, -0.05) is 42.9 Å². The van der Waals surface area contributed by atoms with E-state index in [4.69, 9.17) is 9.72 Å². The summed E-state index contributed by atoms with van der Waals surface area (Å²) >= 11 is 1.61. The van der Waals surface area contributed by atoms with Crippen LogP contribution in [0.25, 0.3) is 10.2 Å². The van der Waals surface area contributed by atoms with E-state index in [1.807, 2.05) is 51.1 Å². The third-order valence-corrected chi connectivity index (χ3v) is 6.55. The maximum Gasteiger partial charge on any atom is 0.251 e. The van der Waals surface area contributed by atoms with E-state index in [1.54, 1.807) is 23.5 Å². The third-order valence-electron chi connectivity index (χ3n) is 5.48. The van der Waals surface area contributed by atoms with Crippen LogP contribution in [0.1, 0.15) is 29.8 Å². The van der Waals surface area contributed by atoms with E-state index in [2.05, 4.69) is 15.5 Å². The van der Waals surface area contributed by atoms with Crippen LogP contribution in [-0.2, 0) is 9.53 Å². The Labute approximate surface area is 191 Å². The normalized spacial score (nSPS) is 15.1. The standard InChI is InChI=1S/C24H28N4O3S/c1-15(2)21(27-22(29)17-6-4-16(3)5-7-17)23(30)25-18-8-9-19-20(14-18)32-24(26-19)28-10-12-31-13-11-28/h4-9,14-15,21H,10-13H2,1-3H3,(H,25,30)(H,27,29)/t21-/m0/s1. The Morgan fingerprint density at radius 1 is 1.09 bits per heavy atom. The second-order valence-corrected chi connectivity index (χ2v) is 9.34. The summed E-state index contributed by atoms with van der Waals surface area (Å²) in [5.74, 6) is -0.561. The summed E-state index contributed by atoms with van der Waals surface area (Å²) in [6.45, 7) is 8.89. The number of hydrogen-bond acceptors (Lipinski definition) is 6. The summed E-state index contributed by atoms with van der Waals surface area (Å²) in [6, 6.07) is 12.4. The summed E-state index contributed by atoms with van der Waals surface area (Å²) < 4.78 is 6.43. The molecule has 1 fully saturated rings. The van der Waals surface area contributed by atoms with Crippen molar-refractivity contribution in [2.75, 3.05) is 36.5 Å². The number of amides is 2. The number of thiazole rings is 1. The molecule has 32 heavy (non-hydrogen) atoms. The van der Waals surface area contributed by atoms with Crippen molar-refractivity contribution in [2.24, 2.45) is 5.92 Å². The maximum absolute atomic E-state index is 13.0. The molecule has 4 rings (SSSR count). The number of rotatable bonds is 6. The average Bonchev–Trinajstić information content (AvgIpc) is 3.21. The van der Waals surface area contributed by atoms with Gasteiger partial charge in [0.05, 0.1) is 23.4 Å². The smallest absolute Gasteiger partial charge is 0.251 e. The minimum atomic E-state index is -0.648. The maximum atomic E-state index is 13.0. The number of morpholine rings is 1. The lowest BCUT2D eigenvalue weighted by atomic mass is 10.0. The molecule has 0 radical (unpaired) electrons. The number of anilines is 2. The summed E-state index contributed by atoms with van der Waals surface area (Å²) in [7, 11) is 0. The van der Waals surface area contributed by atoms with Gasteiger partial charge < -0.3 is 20.3 Å². The number of hydrogen-bond donors (Lipinski definition) is 2. The van der Waals surface area contributed by atoms with Crippen molar-refractivity contribution in [3.63, 3.8) is 0 Å². The van der Waals surface area contributed by atoms with Crippen molar-refractivity contribution in [3.8, 4) is 0 Å². The largest absolute Gasteiger partial charge is 0.378 e. The molecule has 0 bridgehead atoms. The van der Waals surface area contributed by atoms with Gasteiger partial charge in [-0.05, 0) is 43.2 Å². The Kier molecular flexibility index (Phi) is 6.72. The van der Waals surface area contributed by atoms with Gasteiger partial charge in [-0.2, -0.15) is 0 Å². The Hall–Kier alpha value is -2.97. The van der Waals surface area contributed by atoms with Gasteiger partial charge in [0.2, 0.25) is 5.91 Å². The number of ether oxygens (including phenoxy) is 1. The molecule has 3 aromatic rings. The molecule has 2 aromatic carbocycles. The highest BCUT2D eigenvalue weighted by atomic mass is 32.1. The van der Waals surface area contributed by atoms with Crippen LogP contribution in [0.15, 0.2) is 42.5 Å². The SMILES string of the molecule is Cc1ccc(C(=O)N[C@H](C(=O)Nc2ccc3nc(N4CCOCC4)sc3c2)C(C)C)cc1. The van der Waals surface area contributed by atoms with Crippen molar-refractivity contribution in [2.45, 2.75) is 26.8 Å². The van der Waals surface area contributed by atoms with Crippen molar-refractivity contribution < 1.29 is 14.3 Å². The van der Waals surface area contributed by atoms with Crippen molar-refractivity contribution in [3.05, 3.63) is 53.6 Å². The number of aromatic nitrogens is 1. The Morgan fingerprint density at radius 2 is 1.81 bits per heavy atom. The van der Waals surface area contributed by atoms with Crippen molar-refractivity contribution in [1.82, 2.24) is 10.3 Å². The number of carbonyl (C=O) groups is 2. The second kappa shape index (κ2) is 9.67. The van der Waals surface area contributed by atoms with Crippen LogP contribution in [-0.4, -0.2) is 49.1 Å². The van der Waals surface area contributed by atoms with Crippen LogP contribution >= 0.6 is 11.3 Å². The topological polar surface area (TPSA) is 83.6 Å². The molecule has 168 valence electrons. The fourth-order valence-electron chi connectivity index (χ4n) is 3.56. The highest BCUT2D eigenvalue weighted by Gasteiger charge is 2.25. The van der Waals surface area contributed by atoms with Gasteiger partial charge in [-0.3, -0.25) is 9.59 Å². The van der Waals surface area contributed by atoms with Gasteiger partial charge in [0.1, 0.15) is 6.04 Å². The summed E-state index contributed by atoms with van der Waals surface area (Å²) in [4.78, 5) is 32.6. The van der Waals surface area contributed by atoms with E-state index in [9.17, 15) is 9.59 Å². The lowest BCUT2D eigenvalue weighted by molar-refractivity contribution is -0.118. The van der Waals surface area contributed by atoms with Crippen LogP contribution in [0.4, 0.5) is 10.8 Å². The zero-order chi connectivity index (χ0) is 22.7. The molecular weight excluding hydrogens is 424 g/mol. The van der Waals surface area contributed by atoms with Crippen LogP contribution in [0.2, 0.25) is 0 Å². The predicted molar refractivity (Wildman–Crippen MR) is 129 cm³/mol. The highest BCUT2D eigenvalue weighted by Crippen LogP contribution is 2.31. The first-order valence-electron chi connectivity index (χ1n) is 10.8. The van der Waals surface area contributed by atoms with Crippen LogP contribution in [0.5, 0.6) is 0 Å². The quantitative estimate of drug-likeness (QED) is 0.594. The van der Waals surface area contributed by atoms with Crippen molar-refractivity contribution in [1.29, 1.82) is 0 Å². The van der Waals surface area contributed by atoms with Crippen LogP contribution in [0.3, 0.4) is 0 Å². The lowest BCUT2D eigenvalue weighted by Gasteiger charge is -2.25. The number of nitrogens with zero attached hydrogens (tertiary/aromatic N) is 2. The number of benzene rings is 2. The number of nitrogens with one attached hydrogen (secondary N) is 2. The van der Waals surface area contributed by atoms with E-state index in [-0.39, 0.29) is 17.7 Å². The molecule has 0 aliphatic carbocycles. The first-order chi connectivity index (χ1) is 15.4. The van der Waals surface area contributed by atoms with E-state index >= 15 is 0 Å². The monoisotopic (exact) mass is 452 g/mol. The molecule has 0 saturated carbocycles. The van der Waals surface area contributed by atoms with Gasteiger partial charge in [-0.25, -0.2) is 4.98 Å². The fourth-order valence-corrected chi connectivity index (χ4v) is 4.62. The molecule has 1 saturated heterocycles. The summed E-state index contributed by atoms with van der Waals surface area (Å²) in [6.07, 6.45) is 0. The fraction of sp³-hybridized carbons (Fsp3) is 0.375. The van der Waals surface area contributed by atoms with Crippen LogP contribution < -0.4 is 15.5 Å². The predicted octanol–water partition coefficient (Wildman–Crippen LogP) is 3.83. The molecular formula is C24H28N4O3S. The second-order valence-electron chi connectivity index (χ2n) is 8.33. The van der Waals surface area contributed by atoms with Gasteiger partial charge in [0.15, 0.2) is 5.13 Å². The highest BCUT2D eigenvalue weighted by molar-refractivity contribution is 7.22. The molecule has 2 N–H and O–H groups in total. The minimum absolute atomic E-state index is 0.0653. The number of fused-ring (bicyclic) bond motifs is 1. The minimum Gasteiger partial charge on any atom is -0.378 e. The Balaban J connectivity index is 1.46. The molecule has 1 aromatic heterocycles. The molecule has 2 heterocycles. The third kappa shape index (κ3) is 5.08. The summed E-state index contributed by atoms with van der Waals surface area (Å²) in [5.41, 5.74) is 3.21. The number of carbonyl (C=O) groups excluding carboxylic acids is 2. The zero-order valence-electron chi connectivity index (χ0n) is 18.6. The van der Waals surface area contributed by atoms with Gasteiger partial charge in [-0.15, -0.1) is 0 Å². The van der Waals surface area contributed by atoms with E-state index < -0.39 is 6.04 Å². The molecule has 1 aliphatic heterocycles. The van der Waals surface area contributed by atoms with Crippen LogP contribution in [0, 0.1) is 12.8 Å². The van der Waals surface area contributed by atoms with Gasteiger partial charge >= 0.3 is 0 Å². The molecule has 0 unspecified atom stereocenters. The molecule has 8 heteroatoms. The Bertz CT molecular complexity index is 1100. The van der Waals surface area contributed by atoms with Gasteiger partial charge in [0.25, 0.3) is 5.91 Å². The van der Waals surface area contributed by atoms with E-state index in [0.29, 0.717) is 24.5 Å². The van der Waals surface area contributed by atoms with Crippen molar-refractivity contribution >= 4 is 44.2 Å². The first-order valence-corrected chi connectivity index (χ1v) is 11.6. The lowest BCUT2D eigenvalue weighted by Crippen LogP contribution is -2.47. The van der Waals surface area contributed by atoms with Gasteiger partial charge in [0, 0.05) is 24.3 Å². The molecule has 0 spiro atoms. The average molecular weight is 453 g/mol. The zero-order valence-corrected chi connectivity index (χ0v) is 19.4. The molecule has 2 amide bonds. The van der Waals surface area contributed by atoms with E-state index in [0.717, 1.165) is 34.0 Å². The summed E-state index contributed by atoms with van der Waals surface area (Å²) in [5, 5.41) is 6.81. The molecule has 1 aliphatic rings. The molecule has 1 atom stereocenters. The first kappa shape index (κ1) is 22.2. The molecule has 7 nitrogen and oxygen atoms in total. The Morgan fingerprint density at radius 3 is 2.50 bits per heavy atom.